The lowest BCUT2D eigenvalue weighted by Crippen LogP contribution is -2.33. The van der Waals surface area contributed by atoms with Gasteiger partial charge in [-0.1, -0.05) is 12.8 Å². The number of carbonyl (C=O) groups excluding carboxylic acids is 1. The molecule has 1 aromatic heterocycles. The third kappa shape index (κ3) is 2.54. The smallest absolute Gasteiger partial charge is 0.226 e. The summed E-state index contributed by atoms with van der Waals surface area (Å²) in [5.74, 6) is 0.114. The van der Waals surface area contributed by atoms with E-state index in [0.717, 1.165) is 18.5 Å². The molecule has 1 aliphatic carbocycles. The van der Waals surface area contributed by atoms with Gasteiger partial charge in [-0.25, -0.2) is 4.98 Å². The zero-order valence-corrected chi connectivity index (χ0v) is 8.85. The maximum atomic E-state index is 11.5. The molecule has 0 aromatic carbocycles. The second kappa shape index (κ2) is 4.55. The fourth-order valence-corrected chi connectivity index (χ4v) is 2.40. The highest BCUT2D eigenvalue weighted by Crippen LogP contribution is 2.17. The van der Waals surface area contributed by atoms with E-state index in [4.69, 9.17) is 0 Å². The fourth-order valence-electron chi connectivity index (χ4n) is 1.84. The van der Waals surface area contributed by atoms with Crippen molar-refractivity contribution in [1.82, 2.24) is 10.3 Å². The van der Waals surface area contributed by atoms with E-state index in [1.165, 1.54) is 24.2 Å². The van der Waals surface area contributed by atoms with E-state index in [1.807, 2.05) is 5.38 Å². The molecule has 0 unspecified atom stereocenters. The second-order valence-electron chi connectivity index (χ2n) is 3.71. The van der Waals surface area contributed by atoms with Crippen molar-refractivity contribution in [3.8, 4) is 0 Å². The Morgan fingerprint density at radius 1 is 1.57 bits per heavy atom. The predicted octanol–water partition coefficient (Wildman–Crippen LogP) is 1.74. The molecule has 4 heteroatoms. The zero-order chi connectivity index (χ0) is 9.80. The van der Waals surface area contributed by atoms with E-state index < -0.39 is 0 Å². The normalized spacial score (nSPS) is 17.1. The molecule has 0 bridgehead atoms. The number of carbonyl (C=O) groups is 1. The minimum Gasteiger partial charge on any atom is -0.353 e. The summed E-state index contributed by atoms with van der Waals surface area (Å²) in [4.78, 5) is 15.6. The number of hydrogen-bond donors (Lipinski definition) is 1. The number of amides is 1. The van der Waals surface area contributed by atoms with E-state index in [0.29, 0.717) is 12.5 Å². The van der Waals surface area contributed by atoms with Crippen LogP contribution in [0.2, 0.25) is 0 Å². The molecule has 14 heavy (non-hydrogen) atoms. The summed E-state index contributed by atoms with van der Waals surface area (Å²) in [6.07, 6.45) is 5.22. The van der Waals surface area contributed by atoms with Crippen LogP contribution in [0.25, 0.3) is 0 Å². The SMILES string of the molecule is O=C(Cc1cscn1)NC1CCCC1. The summed E-state index contributed by atoms with van der Waals surface area (Å²) < 4.78 is 0. The van der Waals surface area contributed by atoms with Gasteiger partial charge in [-0.2, -0.15) is 0 Å². The van der Waals surface area contributed by atoms with Gasteiger partial charge >= 0.3 is 0 Å². The summed E-state index contributed by atoms with van der Waals surface area (Å²) in [5.41, 5.74) is 2.64. The van der Waals surface area contributed by atoms with Crippen LogP contribution in [0.15, 0.2) is 10.9 Å². The van der Waals surface area contributed by atoms with Crippen LogP contribution in [0.5, 0.6) is 0 Å². The summed E-state index contributed by atoms with van der Waals surface area (Å²) >= 11 is 1.53. The van der Waals surface area contributed by atoms with Gasteiger partial charge in [-0.3, -0.25) is 4.79 Å². The van der Waals surface area contributed by atoms with Crippen LogP contribution in [0.1, 0.15) is 31.4 Å². The summed E-state index contributed by atoms with van der Waals surface area (Å²) in [7, 11) is 0. The molecule has 1 amide bonds. The molecule has 0 spiro atoms. The first-order valence-electron chi connectivity index (χ1n) is 5.01. The van der Waals surface area contributed by atoms with Gasteiger partial charge in [0, 0.05) is 11.4 Å². The molecule has 1 aromatic rings. The van der Waals surface area contributed by atoms with Gasteiger partial charge in [-0.15, -0.1) is 11.3 Å². The average Bonchev–Trinajstić information content (AvgIpc) is 2.76. The van der Waals surface area contributed by atoms with Gasteiger partial charge < -0.3 is 5.32 Å². The maximum Gasteiger partial charge on any atom is 0.226 e. The molecule has 1 fully saturated rings. The number of aromatic nitrogens is 1. The van der Waals surface area contributed by atoms with Crippen molar-refractivity contribution < 1.29 is 4.79 Å². The molecule has 1 heterocycles. The molecule has 0 atom stereocenters. The topological polar surface area (TPSA) is 42.0 Å². The molecular formula is C10H14N2OS. The average molecular weight is 210 g/mol. The van der Waals surface area contributed by atoms with Crippen LogP contribution in [0, 0.1) is 0 Å². The minimum absolute atomic E-state index is 0.114. The van der Waals surface area contributed by atoms with E-state index >= 15 is 0 Å². The fraction of sp³-hybridized carbons (Fsp3) is 0.600. The van der Waals surface area contributed by atoms with Crippen molar-refractivity contribution >= 4 is 17.2 Å². The zero-order valence-electron chi connectivity index (χ0n) is 8.03. The third-order valence-electron chi connectivity index (χ3n) is 2.55. The molecule has 0 saturated heterocycles. The Morgan fingerprint density at radius 3 is 3.00 bits per heavy atom. The van der Waals surface area contributed by atoms with Crippen molar-refractivity contribution in [3.05, 3.63) is 16.6 Å². The van der Waals surface area contributed by atoms with E-state index in [1.54, 1.807) is 5.51 Å². The molecule has 76 valence electrons. The Labute approximate surface area is 87.6 Å². The highest BCUT2D eigenvalue weighted by Gasteiger charge is 2.17. The number of hydrogen-bond acceptors (Lipinski definition) is 3. The van der Waals surface area contributed by atoms with Gasteiger partial charge in [0.1, 0.15) is 0 Å². The molecule has 3 nitrogen and oxygen atoms in total. The Morgan fingerprint density at radius 2 is 2.36 bits per heavy atom. The van der Waals surface area contributed by atoms with Gasteiger partial charge in [0.25, 0.3) is 0 Å². The molecule has 0 radical (unpaired) electrons. The molecule has 1 N–H and O–H groups in total. The number of rotatable bonds is 3. The Hall–Kier alpha value is -0.900. The Balaban J connectivity index is 1.78. The molecule has 2 rings (SSSR count). The van der Waals surface area contributed by atoms with Gasteiger partial charge in [0.15, 0.2) is 0 Å². The lowest BCUT2D eigenvalue weighted by molar-refractivity contribution is -0.121. The first-order chi connectivity index (χ1) is 6.84. The highest BCUT2D eigenvalue weighted by molar-refractivity contribution is 7.07. The molecular weight excluding hydrogens is 196 g/mol. The standard InChI is InChI=1S/C10H14N2OS/c13-10(5-9-6-14-7-11-9)12-8-3-1-2-4-8/h6-8H,1-5H2,(H,12,13). The first kappa shape index (κ1) is 9.65. The van der Waals surface area contributed by atoms with Crippen molar-refractivity contribution in [2.24, 2.45) is 0 Å². The van der Waals surface area contributed by atoms with Gasteiger partial charge in [0.2, 0.25) is 5.91 Å². The summed E-state index contributed by atoms with van der Waals surface area (Å²) in [6, 6.07) is 0.418. The Kier molecular flexibility index (Phi) is 3.14. The third-order valence-corrected chi connectivity index (χ3v) is 3.18. The van der Waals surface area contributed by atoms with Crippen LogP contribution in [0.4, 0.5) is 0 Å². The lowest BCUT2D eigenvalue weighted by Gasteiger charge is -2.10. The summed E-state index contributed by atoms with van der Waals surface area (Å²) in [5, 5.41) is 4.97. The van der Waals surface area contributed by atoms with E-state index in [-0.39, 0.29) is 5.91 Å². The minimum atomic E-state index is 0.114. The first-order valence-corrected chi connectivity index (χ1v) is 5.95. The molecule has 0 aliphatic heterocycles. The quantitative estimate of drug-likeness (QED) is 0.825. The number of nitrogens with zero attached hydrogens (tertiary/aromatic N) is 1. The predicted molar refractivity (Wildman–Crippen MR) is 56.2 cm³/mol. The number of nitrogens with one attached hydrogen (secondary N) is 1. The second-order valence-corrected chi connectivity index (χ2v) is 4.42. The van der Waals surface area contributed by atoms with Gasteiger partial charge in [0.05, 0.1) is 17.6 Å². The van der Waals surface area contributed by atoms with Crippen molar-refractivity contribution in [1.29, 1.82) is 0 Å². The molecule has 1 saturated carbocycles. The van der Waals surface area contributed by atoms with Crippen LogP contribution < -0.4 is 5.32 Å². The van der Waals surface area contributed by atoms with Crippen LogP contribution in [0.3, 0.4) is 0 Å². The lowest BCUT2D eigenvalue weighted by atomic mass is 10.2. The monoisotopic (exact) mass is 210 g/mol. The number of thiazole rings is 1. The van der Waals surface area contributed by atoms with Crippen molar-refractivity contribution in [2.75, 3.05) is 0 Å². The maximum absolute atomic E-state index is 11.5. The summed E-state index contributed by atoms with van der Waals surface area (Å²) in [6.45, 7) is 0. The Bertz CT molecular complexity index is 291. The van der Waals surface area contributed by atoms with Gasteiger partial charge in [-0.05, 0) is 12.8 Å². The van der Waals surface area contributed by atoms with E-state index in [9.17, 15) is 4.79 Å². The highest BCUT2D eigenvalue weighted by atomic mass is 32.1. The van der Waals surface area contributed by atoms with Crippen LogP contribution >= 0.6 is 11.3 Å². The van der Waals surface area contributed by atoms with Crippen molar-refractivity contribution in [2.45, 2.75) is 38.1 Å². The van der Waals surface area contributed by atoms with E-state index in [2.05, 4.69) is 10.3 Å². The van der Waals surface area contributed by atoms with Crippen LogP contribution in [-0.4, -0.2) is 16.9 Å². The van der Waals surface area contributed by atoms with Crippen molar-refractivity contribution in [3.63, 3.8) is 0 Å². The molecule has 1 aliphatic rings. The van der Waals surface area contributed by atoms with Crippen LogP contribution in [-0.2, 0) is 11.2 Å². The largest absolute Gasteiger partial charge is 0.353 e.